The summed E-state index contributed by atoms with van der Waals surface area (Å²) < 4.78 is 13.0. The van der Waals surface area contributed by atoms with Gasteiger partial charge in [-0.1, -0.05) is 12.1 Å². The van der Waals surface area contributed by atoms with E-state index in [-0.39, 0.29) is 5.82 Å². The molecular formula is C16H20FN3. The number of nitrogens with one attached hydrogen (secondary N) is 1. The van der Waals surface area contributed by atoms with Gasteiger partial charge < -0.3 is 0 Å². The maximum Gasteiger partial charge on any atom is 0.123 e. The SMILES string of the molecule is Cc1n[nH]c(C)c1CN1CC[C@H](c2ccc(F)cc2)C1. The van der Waals surface area contributed by atoms with Crippen LogP contribution in [-0.2, 0) is 6.54 Å². The van der Waals surface area contributed by atoms with Gasteiger partial charge in [-0.25, -0.2) is 4.39 Å². The van der Waals surface area contributed by atoms with Crippen LogP contribution in [0.5, 0.6) is 0 Å². The molecule has 4 heteroatoms. The Labute approximate surface area is 118 Å². The van der Waals surface area contributed by atoms with E-state index in [1.807, 2.05) is 19.1 Å². The lowest BCUT2D eigenvalue weighted by molar-refractivity contribution is 0.325. The van der Waals surface area contributed by atoms with Crippen LogP contribution in [0, 0.1) is 19.7 Å². The summed E-state index contributed by atoms with van der Waals surface area (Å²) in [6.45, 7) is 7.20. The van der Waals surface area contributed by atoms with Crippen molar-refractivity contribution in [1.82, 2.24) is 15.1 Å². The van der Waals surface area contributed by atoms with Crippen LogP contribution in [0.3, 0.4) is 0 Å². The molecule has 20 heavy (non-hydrogen) atoms. The third-order valence-electron chi connectivity index (χ3n) is 4.28. The second-order valence-electron chi connectivity index (χ2n) is 5.68. The van der Waals surface area contributed by atoms with Crippen molar-refractivity contribution in [3.63, 3.8) is 0 Å². The molecule has 1 aromatic carbocycles. The normalized spacial score (nSPS) is 19.6. The maximum atomic E-state index is 13.0. The molecule has 0 saturated carbocycles. The molecule has 1 aliphatic heterocycles. The van der Waals surface area contributed by atoms with Gasteiger partial charge in [0.05, 0.1) is 5.69 Å². The molecule has 1 N–H and O–H groups in total. The predicted octanol–water partition coefficient (Wildman–Crippen LogP) is 3.16. The van der Waals surface area contributed by atoms with Crippen molar-refractivity contribution in [1.29, 1.82) is 0 Å². The summed E-state index contributed by atoms with van der Waals surface area (Å²) >= 11 is 0. The van der Waals surface area contributed by atoms with Crippen LogP contribution in [0.4, 0.5) is 4.39 Å². The Bertz CT molecular complexity index is 569. The van der Waals surface area contributed by atoms with E-state index in [4.69, 9.17) is 0 Å². The van der Waals surface area contributed by atoms with Crippen molar-refractivity contribution in [2.45, 2.75) is 32.7 Å². The van der Waals surface area contributed by atoms with Gasteiger partial charge in [0.25, 0.3) is 0 Å². The predicted molar refractivity (Wildman–Crippen MR) is 77.1 cm³/mol. The van der Waals surface area contributed by atoms with Crippen LogP contribution in [0.1, 0.15) is 34.9 Å². The first-order chi connectivity index (χ1) is 9.63. The average molecular weight is 273 g/mol. The molecule has 0 radical (unpaired) electrons. The molecule has 1 atom stereocenters. The fraction of sp³-hybridized carbons (Fsp3) is 0.438. The average Bonchev–Trinajstić information content (AvgIpc) is 3.02. The number of likely N-dealkylation sites (tertiary alicyclic amines) is 1. The summed E-state index contributed by atoms with van der Waals surface area (Å²) in [4.78, 5) is 2.46. The highest BCUT2D eigenvalue weighted by atomic mass is 19.1. The monoisotopic (exact) mass is 273 g/mol. The number of H-pyrrole nitrogens is 1. The van der Waals surface area contributed by atoms with Crippen LogP contribution in [0.15, 0.2) is 24.3 Å². The zero-order valence-corrected chi connectivity index (χ0v) is 12.0. The summed E-state index contributed by atoms with van der Waals surface area (Å²) in [5, 5.41) is 7.29. The highest BCUT2D eigenvalue weighted by molar-refractivity contribution is 5.25. The number of hydrogen-bond acceptors (Lipinski definition) is 2. The minimum atomic E-state index is -0.159. The Morgan fingerprint density at radius 3 is 2.70 bits per heavy atom. The first-order valence-electron chi connectivity index (χ1n) is 7.11. The van der Waals surface area contributed by atoms with Gasteiger partial charge in [0.2, 0.25) is 0 Å². The van der Waals surface area contributed by atoms with E-state index in [2.05, 4.69) is 22.0 Å². The fourth-order valence-electron chi connectivity index (χ4n) is 3.01. The standard InChI is InChI=1S/C16H20FN3/c1-11-16(12(2)19-18-11)10-20-8-7-14(9-20)13-3-5-15(17)6-4-13/h3-6,14H,7-10H2,1-2H3,(H,18,19)/t14-/m0/s1. The number of benzene rings is 1. The molecule has 0 aliphatic carbocycles. The number of hydrogen-bond donors (Lipinski definition) is 1. The van der Waals surface area contributed by atoms with Crippen molar-refractivity contribution in [2.24, 2.45) is 0 Å². The maximum absolute atomic E-state index is 13.0. The zero-order valence-electron chi connectivity index (χ0n) is 12.0. The third-order valence-corrected chi connectivity index (χ3v) is 4.28. The third kappa shape index (κ3) is 2.61. The van der Waals surface area contributed by atoms with E-state index in [0.717, 1.165) is 37.4 Å². The molecular weight excluding hydrogens is 253 g/mol. The Kier molecular flexibility index (Phi) is 3.57. The van der Waals surface area contributed by atoms with Gasteiger partial charge in [0.1, 0.15) is 5.82 Å². The van der Waals surface area contributed by atoms with Crippen molar-refractivity contribution in [2.75, 3.05) is 13.1 Å². The van der Waals surface area contributed by atoms with Crippen LogP contribution in [-0.4, -0.2) is 28.2 Å². The van der Waals surface area contributed by atoms with Crippen LogP contribution in [0.25, 0.3) is 0 Å². The fourth-order valence-corrected chi connectivity index (χ4v) is 3.01. The topological polar surface area (TPSA) is 31.9 Å². The van der Waals surface area contributed by atoms with E-state index in [1.165, 1.54) is 11.1 Å². The van der Waals surface area contributed by atoms with Crippen molar-refractivity contribution < 1.29 is 4.39 Å². The van der Waals surface area contributed by atoms with Gasteiger partial charge in [0.15, 0.2) is 0 Å². The number of aromatic amines is 1. The molecule has 0 amide bonds. The van der Waals surface area contributed by atoms with Crippen molar-refractivity contribution in [3.05, 3.63) is 52.6 Å². The minimum Gasteiger partial charge on any atom is -0.298 e. The molecule has 3 nitrogen and oxygen atoms in total. The Balaban J connectivity index is 1.66. The lowest BCUT2D eigenvalue weighted by Gasteiger charge is -2.16. The molecule has 1 aliphatic rings. The van der Waals surface area contributed by atoms with E-state index < -0.39 is 0 Å². The summed E-state index contributed by atoms with van der Waals surface area (Å²) in [5.74, 6) is 0.358. The molecule has 0 bridgehead atoms. The number of aromatic nitrogens is 2. The number of rotatable bonds is 3. The van der Waals surface area contributed by atoms with Gasteiger partial charge >= 0.3 is 0 Å². The first-order valence-corrected chi connectivity index (χ1v) is 7.11. The van der Waals surface area contributed by atoms with Crippen LogP contribution < -0.4 is 0 Å². The molecule has 1 fully saturated rings. The zero-order chi connectivity index (χ0) is 14.1. The molecule has 2 aromatic rings. The van der Waals surface area contributed by atoms with E-state index >= 15 is 0 Å². The summed E-state index contributed by atoms with van der Waals surface area (Å²) in [6, 6.07) is 6.94. The summed E-state index contributed by atoms with van der Waals surface area (Å²) in [7, 11) is 0. The smallest absolute Gasteiger partial charge is 0.123 e. The molecule has 106 valence electrons. The van der Waals surface area contributed by atoms with Crippen molar-refractivity contribution >= 4 is 0 Å². The molecule has 0 spiro atoms. The van der Waals surface area contributed by atoms with Gasteiger partial charge in [-0.05, 0) is 50.4 Å². The summed E-state index contributed by atoms with van der Waals surface area (Å²) in [6.07, 6.45) is 1.14. The van der Waals surface area contributed by atoms with Crippen LogP contribution in [0.2, 0.25) is 0 Å². The lowest BCUT2D eigenvalue weighted by Crippen LogP contribution is -2.20. The Morgan fingerprint density at radius 1 is 1.30 bits per heavy atom. The highest BCUT2D eigenvalue weighted by Gasteiger charge is 2.24. The minimum absolute atomic E-state index is 0.159. The molecule has 1 saturated heterocycles. The first kappa shape index (κ1) is 13.3. The summed E-state index contributed by atoms with van der Waals surface area (Å²) in [5.41, 5.74) is 4.81. The second kappa shape index (κ2) is 5.37. The van der Waals surface area contributed by atoms with Gasteiger partial charge in [0, 0.05) is 24.3 Å². The second-order valence-corrected chi connectivity index (χ2v) is 5.68. The van der Waals surface area contributed by atoms with Gasteiger partial charge in [-0.2, -0.15) is 5.10 Å². The van der Waals surface area contributed by atoms with E-state index in [9.17, 15) is 4.39 Å². The largest absolute Gasteiger partial charge is 0.298 e. The molecule has 3 rings (SSSR count). The highest BCUT2D eigenvalue weighted by Crippen LogP contribution is 2.28. The lowest BCUT2D eigenvalue weighted by atomic mass is 9.99. The van der Waals surface area contributed by atoms with Gasteiger partial charge in [-0.15, -0.1) is 0 Å². The van der Waals surface area contributed by atoms with E-state index in [1.54, 1.807) is 12.1 Å². The van der Waals surface area contributed by atoms with Crippen LogP contribution >= 0.6 is 0 Å². The Hall–Kier alpha value is -1.68. The van der Waals surface area contributed by atoms with Gasteiger partial charge in [-0.3, -0.25) is 10.00 Å². The van der Waals surface area contributed by atoms with E-state index in [0.29, 0.717) is 5.92 Å². The number of halogens is 1. The van der Waals surface area contributed by atoms with Crippen molar-refractivity contribution in [3.8, 4) is 0 Å². The number of nitrogens with zero attached hydrogens (tertiary/aromatic N) is 2. The number of aryl methyl sites for hydroxylation is 2. The molecule has 0 unspecified atom stereocenters. The molecule has 2 heterocycles. The molecule has 1 aromatic heterocycles. The quantitative estimate of drug-likeness (QED) is 0.931. The Morgan fingerprint density at radius 2 is 2.05 bits per heavy atom.